The Kier molecular flexibility index (Phi) is 14.1. The Morgan fingerprint density at radius 3 is 1.81 bits per heavy atom. The highest BCUT2D eigenvalue weighted by molar-refractivity contribution is 5.70. The van der Waals surface area contributed by atoms with Crippen molar-refractivity contribution >= 4 is 12.0 Å². The van der Waals surface area contributed by atoms with Gasteiger partial charge in [-0.05, 0) is 30.2 Å². The normalized spacial score (nSPS) is 11.1. The van der Waals surface area contributed by atoms with E-state index in [2.05, 4.69) is 6.92 Å². The standard InChI is InChI=1S/C24H38O3/c1-2-3-4-5-6-7-8-9-10-11-12-13-14-15-24(26)27-21-20-22-16-18-23(25)19-17-22/h16-21,25H,2-15H2,1H3/b21-20+. The highest BCUT2D eigenvalue weighted by Crippen LogP contribution is 2.13. The van der Waals surface area contributed by atoms with Crippen LogP contribution in [0, 0.1) is 0 Å². The second kappa shape index (κ2) is 16.4. The van der Waals surface area contributed by atoms with E-state index in [0.29, 0.717) is 6.42 Å². The topological polar surface area (TPSA) is 46.5 Å². The lowest BCUT2D eigenvalue weighted by Gasteiger charge is -2.03. The summed E-state index contributed by atoms with van der Waals surface area (Å²) in [5, 5.41) is 9.21. The van der Waals surface area contributed by atoms with Gasteiger partial charge in [-0.25, -0.2) is 0 Å². The van der Waals surface area contributed by atoms with Gasteiger partial charge >= 0.3 is 5.97 Å². The average Bonchev–Trinajstić information content (AvgIpc) is 2.67. The molecule has 0 atom stereocenters. The maximum Gasteiger partial charge on any atom is 0.310 e. The minimum Gasteiger partial charge on any atom is -0.508 e. The van der Waals surface area contributed by atoms with Crippen molar-refractivity contribution in [3.8, 4) is 5.75 Å². The Labute approximate surface area is 165 Å². The van der Waals surface area contributed by atoms with Crippen LogP contribution in [0.3, 0.4) is 0 Å². The summed E-state index contributed by atoms with van der Waals surface area (Å²) in [5.41, 5.74) is 0.890. The molecule has 0 aliphatic rings. The fraction of sp³-hybridized carbons (Fsp3) is 0.625. The Hall–Kier alpha value is -1.77. The first-order valence-corrected chi connectivity index (χ1v) is 10.9. The zero-order valence-electron chi connectivity index (χ0n) is 17.1. The van der Waals surface area contributed by atoms with Crippen molar-refractivity contribution in [2.45, 2.75) is 96.8 Å². The van der Waals surface area contributed by atoms with Gasteiger partial charge in [-0.1, -0.05) is 96.1 Å². The van der Waals surface area contributed by atoms with Gasteiger partial charge in [0.05, 0.1) is 6.26 Å². The number of aromatic hydroxyl groups is 1. The molecule has 0 radical (unpaired) electrons. The summed E-state index contributed by atoms with van der Waals surface area (Å²) in [6.07, 6.45) is 20.6. The number of carbonyl (C=O) groups is 1. The molecule has 0 bridgehead atoms. The summed E-state index contributed by atoms with van der Waals surface area (Å²) in [4.78, 5) is 11.7. The molecule has 152 valence electrons. The van der Waals surface area contributed by atoms with Gasteiger partial charge in [-0.2, -0.15) is 0 Å². The van der Waals surface area contributed by atoms with E-state index in [-0.39, 0.29) is 11.7 Å². The van der Waals surface area contributed by atoms with Gasteiger partial charge in [-0.3, -0.25) is 4.79 Å². The molecular formula is C24H38O3. The van der Waals surface area contributed by atoms with Crippen molar-refractivity contribution in [2.24, 2.45) is 0 Å². The third-order valence-corrected chi connectivity index (χ3v) is 4.84. The van der Waals surface area contributed by atoms with Gasteiger partial charge < -0.3 is 9.84 Å². The molecule has 27 heavy (non-hydrogen) atoms. The van der Waals surface area contributed by atoms with Crippen LogP contribution in [0.1, 0.15) is 102 Å². The van der Waals surface area contributed by atoms with Crippen molar-refractivity contribution in [3.63, 3.8) is 0 Å². The van der Waals surface area contributed by atoms with E-state index in [9.17, 15) is 9.90 Å². The van der Waals surface area contributed by atoms with Gasteiger partial charge in [0.15, 0.2) is 0 Å². The highest BCUT2D eigenvalue weighted by atomic mass is 16.5. The fourth-order valence-electron chi connectivity index (χ4n) is 3.12. The lowest BCUT2D eigenvalue weighted by Crippen LogP contribution is -1.98. The summed E-state index contributed by atoms with van der Waals surface area (Å²) in [6.45, 7) is 2.26. The first-order chi connectivity index (χ1) is 13.2. The fourth-order valence-corrected chi connectivity index (χ4v) is 3.12. The summed E-state index contributed by atoms with van der Waals surface area (Å²) in [7, 11) is 0. The van der Waals surface area contributed by atoms with Gasteiger partial charge in [0, 0.05) is 6.42 Å². The zero-order valence-corrected chi connectivity index (χ0v) is 17.1. The van der Waals surface area contributed by atoms with Crippen LogP contribution in [0.4, 0.5) is 0 Å². The van der Waals surface area contributed by atoms with Crippen LogP contribution in [0.5, 0.6) is 5.75 Å². The van der Waals surface area contributed by atoms with Crippen molar-refractivity contribution in [3.05, 3.63) is 36.1 Å². The zero-order chi connectivity index (χ0) is 19.6. The van der Waals surface area contributed by atoms with E-state index in [1.54, 1.807) is 30.3 Å². The van der Waals surface area contributed by atoms with E-state index in [1.165, 1.54) is 76.9 Å². The smallest absolute Gasteiger partial charge is 0.310 e. The first-order valence-electron chi connectivity index (χ1n) is 10.9. The molecule has 0 spiro atoms. The number of esters is 1. The van der Waals surface area contributed by atoms with Crippen LogP contribution >= 0.6 is 0 Å². The number of carbonyl (C=O) groups excluding carboxylic acids is 1. The molecule has 1 N–H and O–H groups in total. The maximum atomic E-state index is 11.7. The summed E-state index contributed by atoms with van der Waals surface area (Å²) in [6, 6.07) is 6.75. The first kappa shape index (κ1) is 23.3. The van der Waals surface area contributed by atoms with E-state index >= 15 is 0 Å². The van der Waals surface area contributed by atoms with Crippen LogP contribution in [-0.4, -0.2) is 11.1 Å². The molecule has 3 heteroatoms. The number of ether oxygens (including phenoxy) is 1. The molecule has 0 aliphatic heterocycles. The predicted molar refractivity (Wildman–Crippen MR) is 114 cm³/mol. The molecule has 0 amide bonds. The molecule has 0 fully saturated rings. The largest absolute Gasteiger partial charge is 0.508 e. The minimum absolute atomic E-state index is 0.173. The van der Waals surface area contributed by atoms with Crippen molar-refractivity contribution in [1.82, 2.24) is 0 Å². The maximum absolute atomic E-state index is 11.7. The molecule has 3 nitrogen and oxygen atoms in total. The number of hydrogen-bond donors (Lipinski definition) is 1. The van der Waals surface area contributed by atoms with E-state index < -0.39 is 0 Å². The number of phenols is 1. The van der Waals surface area contributed by atoms with Crippen LogP contribution < -0.4 is 0 Å². The van der Waals surface area contributed by atoms with Gasteiger partial charge in [0.2, 0.25) is 0 Å². The van der Waals surface area contributed by atoms with Crippen LogP contribution in [0.2, 0.25) is 0 Å². The monoisotopic (exact) mass is 374 g/mol. The van der Waals surface area contributed by atoms with Crippen LogP contribution in [-0.2, 0) is 9.53 Å². The molecule has 0 aromatic heterocycles. The lowest BCUT2D eigenvalue weighted by atomic mass is 10.0. The molecular weight excluding hydrogens is 336 g/mol. The third-order valence-electron chi connectivity index (χ3n) is 4.84. The Bertz CT molecular complexity index is 505. The Morgan fingerprint density at radius 1 is 0.815 bits per heavy atom. The van der Waals surface area contributed by atoms with Crippen LogP contribution in [0.15, 0.2) is 30.5 Å². The molecule has 0 saturated carbocycles. The Morgan fingerprint density at radius 2 is 1.30 bits per heavy atom. The van der Waals surface area contributed by atoms with Crippen molar-refractivity contribution in [1.29, 1.82) is 0 Å². The molecule has 0 heterocycles. The molecule has 1 aromatic carbocycles. The number of benzene rings is 1. The average molecular weight is 375 g/mol. The molecule has 0 saturated heterocycles. The summed E-state index contributed by atoms with van der Waals surface area (Å²) >= 11 is 0. The SMILES string of the molecule is CCCCCCCCCCCCCCCC(=O)O/C=C/c1ccc(O)cc1. The lowest BCUT2D eigenvalue weighted by molar-refractivity contribution is -0.138. The van der Waals surface area contributed by atoms with Gasteiger partial charge in [0.1, 0.15) is 5.75 Å². The summed E-state index contributed by atoms with van der Waals surface area (Å²) in [5.74, 6) is 0.0552. The molecule has 0 unspecified atom stereocenters. The minimum atomic E-state index is -0.173. The van der Waals surface area contributed by atoms with E-state index in [4.69, 9.17) is 4.74 Å². The quantitative estimate of drug-likeness (QED) is 0.186. The summed E-state index contributed by atoms with van der Waals surface area (Å²) < 4.78 is 5.10. The molecule has 1 aromatic rings. The third kappa shape index (κ3) is 14.0. The van der Waals surface area contributed by atoms with Gasteiger partial charge in [-0.15, -0.1) is 0 Å². The highest BCUT2D eigenvalue weighted by Gasteiger charge is 2.01. The van der Waals surface area contributed by atoms with Gasteiger partial charge in [0.25, 0.3) is 0 Å². The number of rotatable bonds is 16. The number of unbranched alkanes of at least 4 members (excludes halogenated alkanes) is 12. The molecule has 1 rings (SSSR count). The second-order valence-electron chi connectivity index (χ2n) is 7.38. The van der Waals surface area contributed by atoms with E-state index in [0.717, 1.165) is 18.4 Å². The number of phenolic OH excluding ortho intramolecular Hbond substituents is 1. The predicted octanol–water partition coefficient (Wildman–Crippen LogP) is 7.39. The second-order valence-corrected chi connectivity index (χ2v) is 7.38. The van der Waals surface area contributed by atoms with Crippen LogP contribution in [0.25, 0.3) is 6.08 Å². The Balaban J connectivity index is 1.87. The van der Waals surface area contributed by atoms with Crippen molar-refractivity contribution in [2.75, 3.05) is 0 Å². The molecule has 0 aliphatic carbocycles. The van der Waals surface area contributed by atoms with Crippen molar-refractivity contribution < 1.29 is 14.6 Å². The van der Waals surface area contributed by atoms with E-state index in [1.807, 2.05) is 0 Å². The number of hydrogen-bond acceptors (Lipinski definition) is 3.